The first kappa shape index (κ1) is 19.9. The van der Waals surface area contributed by atoms with Gasteiger partial charge in [-0.1, -0.05) is 12.1 Å². The number of pyridine rings is 1. The van der Waals surface area contributed by atoms with Gasteiger partial charge in [0.2, 0.25) is 0 Å². The van der Waals surface area contributed by atoms with Gasteiger partial charge >= 0.3 is 5.97 Å². The molecule has 0 bridgehead atoms. The highest BCUT2D eigenvalue weighted by molar-refractivity contribution is 6.04. The van der Waals surface area contributed by atoms with E-state index in [0.29, 0.717) is 28.4 Å². The third-order valence-electron chi connectivity index (χ3n) is 4.17. The van der Waals surface area contributed by atoms with Crippen molar-refractivity contribution in [1.82, 2.24) is 4.98 Å². The second kappa shape index (κ2) is 8.88. The highest BCUT2D eigenvalue weighted by atomic mass is 16.5. The van der Waals surface area contributed by atoms with Crippen LogP contribution in [0.3, 0.4) is 0 Å². The summed E-state index contributed by atoms with van der Waals surface area (Å²) in [6.07, 6.45) is 1.54. The Morgan fingerprint density at radius 3 is 2.52 bits per heavy atom. The Bertz CT molecular complexity index is 1050. The zero-order valence-corrected chi connectivity index (χ0v) is 16.4. The van der Waals surface area contributed by atoms with E-state index in [1.54, 1.807) is 43.5 Å². The van der Waals surface area contributed by atoms with E-state index in [1.807, 2.05) is 25.1 Å². The Kier molecular flexibility index (Phi) is 6.09. The minimum absolute atomic E-state index is 0.239. The summed E-state index contributed by atoms with van der Waals surface area (Å²) in [5.41, 5.74) is 3.58. The molecule has 0 aliphatic rings. The van der Waals surface area contributed by atoms with Crippen LogP contribution >= 0.6 is 0 Å². The molecule has 0 radical (unpaired) electrons. The molecular weight excluding hydrogens is 370 g/mol. The molecule has 0 spiro atoms. The topological polar surface area (TPSA) is 89.5 Å². The van der Waals surface area contributed by atoms with Crippen molar-refractivity contribution < 1.29 is 19.1 Å². The minimum Gasteiger partial charge on any atom is -0.495 e. The Hall–Kier alpha value is -3.87. The van der Waals surface area contributed by atoms with Gasteiger partial charge in [-0.05, 0) is 55.0 Å². The maximum atomic E-state index is 12.7. The Balaban J connectivity index is 1.78. The van der Waals surface area contributed by atoms with E-state index in [9.17, 15) is 9.59 Å². The molecule has 2 aromatic carbocycles. The zero-order chi connectivity index (χ0) is 20.8. The average Bonchev–Trinajstić information content (AvgIpc) is 2.73. The van der Waals surface area contributed by atoms with E-state index in [4.69, 9.17) is 9.47 Å². The summed E-state index contributed by atoms with van der Waals surface area (Å²) in [6, 6.07) is 15.8. The van der Waals surface area contributed by atoms with Gasteiger partial charge in [0.05, 0.1) is 25.5 Å². The quantitative estimate of drug-likeness (QED) is 0.613. The molecule has 0 atom stereocenters. The second-order valence-corrected chi connectivity index (χ2v) is 6.29. The van der Waals surface area contributed by atoms with Crippen LogP contribution in [0.15, 0.2) is 60.8 Å². The van der Waals surface area contributed by atoms with E-state index >= 15 is 0 Å². The number of hydrogen-bond donors (Lipinski definition) is 2. The molecule has 7 nitrogen and oxygen atoms in total. The van der Waals surface area contributed by atoms with Crippen molar-refractivity contribution in [2.24, 2.45) is 0 Å². The van der Waals surface area contributed by atoms with Crippen LogP contribution in [-0.2, 0) is 4.74 Å². The molecule has 29 heavy (non-hydrogen) atoms. The van der Waals surface area contributed by atoms with E-state index < -0.39 is 5.97 Å². The van der Waals surface area contributed by atoms with Crippen LogP contribution in [0.1, 0.15) is 26.4 Å². The number of ether oxygens (including phenoxy) is 2. The molecule has 0 fully saturated rings. The van der Waals surface area contributed by atoms with E-state index in [-0.39, 0.29) is 11.6 Å². The molecule has 7 heteroatoms. The smallest absolute Gasteiger partial charge is 0.337 e. The first-order valence-electron chi connectivity index (χ1n) is 8.87. The van der Waals surface area contributed by atoms with Gasteiger partial charge in [0, 0.05) is 17.6 Å². The molecule has 0 aliphatic carbocycles. The second-order valence-electron chi connectivity index (χ2n) is 6.29. The van der Waals surface area contributed by atoms with E-state index in [2.05, 4.69) is 15.6 Å². The lowest BCUT2D eigenvalue weighted by Crippen LogP contribution is -2.14. The number of nitrogens with zero attached hydrogens (tertiary/aromatic N) is 1. The summed E-state index contributed by atoms with van der Waals surface area (Å²) < 4.78 is 10.0. The largest absolute Gasteiger partial charge is 0.495 e. The summed E-state index contributed by atoms with van der Waals surface area (Å²) in [7, 11) is 2.88. The average molecular weight is 391 g/mol. The summed E-state index contributed by atoms with van der Waals surface area (Å²) in [6.45, 7) is 1.93. The first-order valence-corrected chi connectivity index (χ1v) is 8.87. The van der Waals surface area contributed by atoms with Crippen LogP contribution in [0.2, 0.25) is 0 Å². The summed E-state index contributed by atoms with van der Waals surface area (Å²) in [5.74, 6) is -0.214. The monoisotopic (exact) mass is 391 g/mol. The van der Waals surface area contributed by atoms with E-state index in [0.717, 1.165) is 5.56 Å². The van der Waals surface area contributed by atoms with Crippen LogP contribution in [0, 0.1) is 6.92 Å². The molecule has 0 aliphatic heterocycles. The van der Waals surface area contributed by atoms with Crippen LogP contribution in [0.5, 0.6) is 5.75 Å². The fourth-order valence-corrected chi connectivity index (χ4v) is 2.75. The van der Waals surface area contributed by atoms with Crippen LogP contribution in [0.25, 0.3) is 0 Å². The first-order chi connectivity index (χ1) is 14.0. The summed E-state index contributed by atoms with van der Waals surface area (Å²) in [5, 5.41) is 5.99. The lowest BCUT2D eigenvalue weighted by Gasteiger charge is -2.12. The Labute approximate surface area is 168 Å². The molecule has 1 amide bonds. The number of nitrogens with one attached hydrogen (secondary N) is 2. The molecule has 0 saturated heterocycles. The SMILES string of the molecule is COC(=O)c1cccc(Nc2ccnc(C(=O)Nc3cc(C)ccc3OC)c2)c1. The standard InChI is InChI=1S/C22H21N3O4/c1-14-7-8-20(28-2)18(11-14)25-21(26)19-13-17(9-10-23-19)24-16-6-4-5-15(12-16)22(27)29-3/h4-13H,1-3H3,(H,23,24)(H,25,26). The predicted molar refractivity (Wildman–Crippen MR) is 111 cm³/mol. The number of amides is 1. The van der Waals surface area contributed by atoms with Crippen molar-refractivity contribution in [2.75, 3.05) is 24.9 Å². The molecule has 3 aromatic rings. The van der Waals surface area contributed by atoms with Crippen LogP contribution in [-0.4, -0.2) is 31.1 Å². The van der Waals surface area contributed by atoms with Gasteiger partial charge in [-0.3, -0.25) is 9.78 Å². The maximum absolute atomic E-state index is 12.7. The number of carbonyl (C=O) groups is 2. The van der Waals surface area contributed by atoms with Gasteiger partial charge in [-0.25, -0.2) is 4.79 Å². The van der Waals surface area contributed by atoms with Gasteiger partial charge in [0.25, 0.3) is 5.91 Å². The number of esters is 1. The van der Waals surface area contributed by atoms with Gasteiger partial charge in [-0.2, -0.15) is 0 Å². The third-order valence-corrected chi connectivity index (χ3v) is 4.17. The van der Waals surface area contributed by atoms with Gasteiger partial charge in [0.1, 0.15) is 11.4 Å². The van der Waals surface area contributed by atoms with Gasteiger partial charge in [0.15, 0.2) is 0 Å². The van der Waals surface area contributed by atoms with Crippen molar-refractivity contribution in [3.05, 3.63) is 77.6 Å². The number of methoxy groups -OCH3 is 2. The number of rotatable bonds is 6. The molecule has 2 N–H and O–H groups in total. The van der Waals surface area contributed by atoms with Crippen molar-refractivity contribution in [2.45, 2.75) is 6.92 Å². The fourth-order valence-electron chi connectivity index (χ4n) is 2.75. The molecular formula is C22H21N3O4. The van der Waals surface area contributed by atoms with Crippen molar-refractivity contribution in [1.29, 1.82) is 0 Å². The van der Waals surface area contributed by atoms with E-state index in [1.165, 1.54) is 13.3 Å². The highest BCUT2D eigenvalue weighted by Crippen LogP contribution is 2.26. The van der Waals surface area contributed by atoms with Crippen molar-refractivity contribution >= 4 is 28.9 Å². The molecule has 0 unspecified atom stereocenters. The fraction of sp³-hybridized carbons (Fsp3) is 0.136. The normalized spacial score (nSPS) is 10.2. The molecule has 148 valence electrons. The third kappa shape index (κ3) is 4.90. The molecule has 1 aromatic heterocycles. The number of carbonyl (C=O) groups excluding carboxylic acids is 2. The molecule has 1 heterocycles. The van der Waals surface area contributed by atoms with Gasteiger partial charge in [-0.15, -0.1) is 0 Å². The number of anilines is 3. The van der Waals surface area contributed by atoms with Crippen molar-refractivity contribution in [3.8, 4) is 5.75 Å². The van der Waals surface area contributed by atoms with Crippen molar-refractivity contribution in [3.63, 3.8) is 0 Å². The number of hydrogen-bond acceptors (Lipinski definition) is 6. The van der Waals surface area contributed by atoms with Crippen LogP contribution < -0.4 is 15.4 Å². The maximum Gasteiger partial charge on any atom is 0.337 e. The Morgan fingerprint density at radius 1 is 0.966 bits per heavy atom. The summed E-state index contributed by atoms with van der Waals surface area (Å²) >= 11 is 0. The Morgan fingerprint density at radius 2 is 1.76 bits per heavy atom. The molecule has 0 saturated carbocycles. The summed E-state index contributed by atoms with van der Waals surface area (Å²) in [4.78, 5) is 28.5. The number of benzene rings is 2. The molecule has 3 rings (SSSR count). The zero-order valence-electron chi connectivity index (χ0n) is 16.4. The van der Waals surface area contributed by atoms with Gasteiger partial charge < -0.3 is 20.1 Å². The lowest BCUT2D eigenvalue weighted by atomic mass is 10.2. The predicted octanol–water partition coefficient (Wildman–Crippen LogP) is 4.18. The number of aryl methyl sites for hydroxylation is 1. The van der Waals surface area contributed by atoms with Crippen LogP contribution in [0.4, 0.5) is 17.1 Å². The minimum atomic E-state index is -0.421. The highest BCUT2D eigenvalue weighted by Gasteiger charge is 2.12. The lowest BCUT2D eigenvalue weighted by molar-refractivity contribution is 0.0600. The number of aromatic nitrogens is 1.